The van der Waals surface area contributed by atoms with Gasteiger partial charge in [-0.05, 0) is 89.0 Å². The number of carbonyl (C=O) groups is 1. The van der Waals surface area contributed by atoms with Crippen LogP contribution in [0.1, 0.15) is 131 Å². The topological polar surface area (TPSA) is 37.3 Å². The predicted molar refractivity (Wildman–Crippen MR) is 146 cm³/mol. The summed E-state index contributed by atoms with van der Waals surface area (Å²) in [6.07, 6.45) is 13.6. The van der Waals surface area contributed by atoms with Crippen molar-refractivity contribution in [1.82, 2.24) is 0 Å². The third kappa shape index (κ3) is 6.20. The molecule has 0 fully saturated rings. The Morgan fingerprint density at radius 2 is 1.44 bits per heavy atom. The van der Waals surface area contributed by atoms with Crippen LogP contribution in [-0.4, -0.2) is 11.1 Å². The molecule has 2 nitrogen and oxygen atoms in total. The van der Waals surface area contributed by atoms with Gasteiger partial charge in [0, 0.05) is 0 Å². The second kappa shape index (κ2) is 10.9. The SMILES string of the molecule is CCCCCCCCc1cc2c(cc1C(C)=Cc1ccc(C(=O)O)cc1)C(C)(C)CCC2(C)C. The summed E-state index contributed by atoms with van der Waals surface area (Å²) in [6.45, 7) is 14.1. The lowest BCUT2D eigenvalue weighted by molar-refractivity contribution is 0.0697. The lowest BCUT2D eigenvalue weighted by Gasteiger charge is -2.42. The number of benzene rings is 2. The number of rotatable bonds is 10. The van der Waals surface area contributed by atoms with Crippen LogP contribution in [0, 0.1) is 0 Å². The van der Waals surface area contributed by atoms with Crippen LogP contribution in [0.25, 0.3) is 11.6 Å². The molecule has 0 aromatic heterocycles. The van der Waals surface area contributed by atoms with Crippen molar-refractivity contribution in [3.63, 3.8) is 0 Å². The zero-order valence-corrected chi connectivity index (χ0v) is 22.3. The molecule has 2 aromatic rings. The summed E-state index contributed by atoms with van der Waals surface area (Å²) in [4.78, 5) is 11.2. The van der Waals surface area contributed by atoms with Crippen LogP contribution in [0.5, 0.6) is 0 Å². The zero-order valence-electron chi connectivity index (χ0n) is 22.3. The average Bonchev–Trinajstić information content (AvgIpc) is 2.79. The van der Waals surface area contributed by atoms with Gasteiger partial charge < -0.3 is 5.11 Å². The van der Waals surface area contributed by atoms with Gasteiger partial charge >= 0.3 is 5.97 Å². The molecule has 0 saturated heterocycles. The number of allylic oxidation sites excluding steroid dienone is 1. The molecule has 0 unspecified atom stereocenters. The van der Waals surface area contributed by atoms with E-state index in [1.807, 2.05) is 12.1 Å². The Labute approximate surface area is 207 Å². The van der Waals surface area contributed by atoms with Gasteiger partial charge in [0.2, 0.25) is 0 Å². The number of aromatic carboxylic acids is 1. The first-order chi connectivity index (χ1) is 16.0. The molecular weight excluding hydrogens is 416 g/mol. The number of aryl methyl sites for hydroxylation is 1. The molecular formula is C32H44O2. The van der Waals surface area contributed by atoms with Crippen molar-refractivity contribution in [2.24, 2.45) is 0 Å². The lowest BCUT2D eigenvalue weighted by Crippen LogP contribution is -2.34. The average molecular weight is 461 g/mol. The lowest BCUT2D eigenvalue weighted by atomic mass is 9.62. The molecule has 184 valence electrons. The van der Waals surface area contributed by atoms with Gasteiger partial charge in [0.1, 0.15) is 0 Å². The number of hydrogen-bond acceptors (Lipinski definition) is 1. The monoisotopic (exact) mass is 460 g/mol. The second-order valence-corrected chi connectivity index (χ2v) is 11.6. The van der Waals surface area contributed by atoms with Gasteiger partial charge in [-0.2, -0.15) is 0 Å². The third-order valence-corrected chi connectivity index (χ3v) is 7.84. The molecule has 1 N–H and O–H groups in total. The van der Waals surface area contributed by atoms with E-state index in [0.717, 1.165) is 12.0 Å². The first-order valence-electron chi connectivity index (χ1n) is 13.2. The molecule has 1 aliphatic carbocycles. The second-order valence-electron chi connectivity index (χ2n) is 11.6. The van der Waals surface area contributed by atoms with E-state index in [4.69, 9.17) is 0 Å². The van der Waals surface area contributed by atoms with Crippen LogP contribution >= 0.6 is 0 Å². The van der Waals surface area contributed by atoms with Crippen molar-refractivity contribution in [1.29, 1.82) is 0 Å². The van der Waals surface area contributed by atoms with Crippen molar-refractivity contribution in [3.8, 4) is 0 Å². The summed E-state index contributed by atoms with van der Waals surface area (Å²) in [7, 11) is 0. The van der Waals surface area contributed by atoms with Gasteiger partial charge in [0.15, 0.2) is 0 Å². The number of hydrogen-bond donors (Lipinski definition) is 1. The highest BCUT2D eigenvalue weighted by molar-refractivity contribution is 5.88. The van der Waals surface area contributed by atoms with E-state index in [1.165, 1.54) is 79.2 Å². The van der Waals surface area contributed by atoms with Crippen molar-refractivity contribution < 1.29 is 9.90 Å². The molecule has 0 radical (unpaired) electrons. The van der Waals surface area contributed by atoms with Gasteiger partial charge in [0.05, 0.1) is 5.56 Å². The molecule has 0 saturated carbocycles. The predicted octanol–water partition coefficient (Wildman–Crippen LogP) is 9.20. The maximum atomic E-state index is 11.2. The minimum atomic E-state index is -0.881. The van der Waals surface area contributed by atoms with Crippen molar-refractivity contribution in [3.05, 3.63) is 69.8 Å². The summed E-state index contributed by atoms with van der Waals surface area (Å²) < 4.78 is 0. The van der Waals surface area contributed by atoms with Crippen LogP contribution in [-0.2, 0) is 17.3 Å². The largest absolute Gasteiger partial charge is 0.478 e. The highest BCUT2D eigenvalue weighted by Crippen LogP contribution is 2.47. The van der Waals surface area contributed by atoms with E-state index in [1.54, 1.807) is 12.1 Å². The third-order valence-electron chi connectivity index (χ3n) is 7.84. The van der Waals surface area contributed by atoms with Gasteiger partial charge in [0.25, 0.3) is 0 Å². The number of fused-ring (bicyclic) bond motifs is 1. The van der Waals surface area contributed by atoms with Crippen molar-refractivity contribution in [2.75, 3.05) is 0 Å². The molecule has 1 aliphatic rings. The van der Waals surface area contributed by atoms with Crippen LogP contribution in [0.3, 0.4) is 0 Å². The van der Waals surface area contributed by atoms with Gasteiger partial charge in [-0.25, -0.2) is 4.79 Å². The highest BCUT2D eigenvalue weighted by Gasteiger charge is 2.37. The summed E-state index contributed by atoms with van der Waals surface area (Å²) >= 11 is 0. The molecule has 0 bridgehead atoms. The number of carboxylic acids is 1. The minimum absolute atomic E-state index is 0.182. The minimum Gasteiger partial charge on any atom is -0.478 e. The van der Waals surface area contributed by atoms with Gasteiger partial charge in [-0.15, -0.1) is 0 Å². The molecule has 0 atom stereocenters. The Bertz CT molecular complexity index is 1020. The Balaban J connectivity index is 1.98. The fourth-order valence-corrected chi connectivity index (χ4v) is 5.38. The van der Waals surface area contributed by atoms with Gasteiger partial charge in [-0.3, -0.25) is 0 Å². The van der Waals surface area contributed by atoms with E-state index in [9.17, 15) is 9.90 Å². The molecule has 3 rings (SSSR count). The molecule has 0 heterocycles. The summed E-state index contributed by atoms with van der Waals surface area (Å²) in [5, 5.41) is 9.21. The van der Waals surface area contributed by atoms with Gasteiger partial charge in [-0.1, -0.05) is 97.1 Å². The quantitative estimate of drug-likeness (QED) is 0.283. The van der Waals surface area contributed by atoms with E-state index >= 15 is 0 Å². The molecule has 0 aliphatic heterocycles. The molecule has 2 aromatic carbocycles. The molecule has 0 spiro atoms. The molecule has 34 heavy (non-hydrogen) atoms. The summed E-state index contributed by atoms with van der Waals surface area (Å²) in [5.74, 6) is -0.881. The number of carboxylic acid groups (broad SMARTS) is 1. The maximum Gasteiger partial charge on any atom is 0.335 e. The van der Waals surface area contributed by atoms with Crippen LogP contribution in [0.15, 0.2) is 36.4 Å². The molecule has 2 heteroatoms. The van der Waals surface area contributed by atoms with Crippen LogP contribution < -0.4 is 0 Å². The Hall–Kier alpha value is -2.35. The fourth-order valence-electron chi connectivity index (χ4n) is 5.38. The van der Waals surface area contributed by atoms with E-state index in [2.05, 4.69) is 59.8 Å². The Morgan fingerprint density at radius 1 is 0.882 bits per heavy atom. The highest BCUT2D eigenvalue weighted by atomic mass is 16.4. The first-order valence-corrected chi connectivity index (χ1v) is 13.2. The van der Waals surface area contributed by atoms with Crippen molar-refractivity contribution in [2.45, 2.75) is 110 Å². The standard InChI is InChI=1S/C32H44O2/c1-7-8-9-10-11-12-13-26-21-28-29(32(5,6)19-18-31(28,3)4)22-27(26)23(2)20-24-14-16-25(17-15-24)30(33)34/h14-17,20-22H,7-13,18-19H2,1-6H3,(H,33,34). The van der Waals surface area contributed by atoms with Crippen LogP contribution in [0.2, 0.25) is 0 Å². The van der Waals surface area contributed by atoms with Crippen molar-refractivity contribution >= 4 is 17.6 Å². The fraction of sp³-hybridized carbons (Fsp3) is 0.531. The Kier molecular flexibility index (Phi) is 8.44. The molecule has 0 amide bonds. The summed E-state index contributed by atoms with van der Waals surface area (Å²) in [6, 6.07) is 12.2. The van der Waals surface area contributed by atoms with E-state index < -0.39 is 5.97 Å². The van der Waals surface area contributed by atoms with E-state index in [-0.39, 0.29) is 10.8 Å². The zero-order chi connectivity index (χ0) is 24.9. The smallest absolute Gasteiger partial charge is 0.335 e. The first kappa shape index (κ1) is 26.3. The number of unbranched alkanes of at least 4 members (excludes halogenated alkanes) is 5. The maximum absolute atomic E-state index is 11.2. The normalized spacial score (nSPS) is 16.8. The summed E-state index contributed by atoms with van der Waals surface area (Å²) in [5.41, 5.74) is 8.89. The van der Waals surface area contributed by atoms with E-state index in [0.29, 0.717) is 5.56 Å². The van der Waals surface area contributed by atoms with Crippen LogP contribution in [0.4, 0.5) is 0 Å². The Morgan fingerprint density at radius 3 is 2.03 bits per heavy atom.